The topological polar surface area (TPSA) is 30.5 Å². The van der Waals surface area contributed by atoms with Crippen molar-refractivity contribution >= 4 is 10.8 Å². The van der Waals surface area contributed by atoms with E-state index in [0.717, 1.165) is 25.3 Å². The molecular weight excluding hydrogens is 262 g/mol. The van der Waals surface area contributed by atoms with Gasteiger partial charge in [0.1, 0.15) is 5.75 Å². The molecule has 1 heterocycles. The van der Waals surface area contributed by atoms with Gasteiger partial charge >= 0.3 is 0 Å². The minimum absolute atomic E-state index is 0.339. The Hall–Kier alpha value is -1.58. The number of hydrogen-bond donors (Lipinski definition) is 1. The molecule has 3 nitrogen and oxygen atoms in total. The van der Waals surface area contributed by atoms with E-state index in [1.165, 1.54) is 22.8 Å². The maximum absolute atomic E-state index is 5.75. The third-order valence-electron chi connectivity index (χ3n) is 4.34. The third-order valence-corrected chi connectivity index (χ3v) is 4.34. The van der Waals surface area contributed by atoms with Crippen LogP contribution in [0.5, 0.6) is 5.75 Å². The zero-order valence-electron chi connectivity index (χ0n) is 12.8. The number of hydrogen-bond acceptors (Lipinski definition) is 3. The van der Waals surface area contributed by atoms with Crippen molar-refractivity contribution in [3.05, 3.63) is 42.0 Å². The van der Waals surface area contributed by atoms with Gasteiger partial charge < -0.3 is 14.8 Å². The van der Waals surface area contributed by atoms with Crippen molar-refractivity contribution in [2.75, 3.05) is 13.7 Å². The Morgan fingerprint density at radius 3 is 2.90 bits per heavy atom. The molecule has 0 bridgehead atoms. The summed E-state index contributed by atoms with van der Waals surface area (Å²) in [6, 6.07) is 13.0. The van der Waals surface area contributed by atoms with Crippen LogP contribution in [0.4, 0.5) is 0 Å². The van der Waals surface area contributed by atoms with Gasteiger partial charge in [-0.1, -0.05) is 30.3 Å². The van der Waals surface area contributed by atoms with E-state index in [-0.39, 0.29) is 0 Å². The predicted molar refractivity (Wildman–Crippen MR) is 85.8 cm³/mol. The van der Waals surface area contributed by atoms with E-state index in [0.29, 0.717) is 12.1 Å². The van der Waals surface area contributed by atoms with Crippen LogP contribution >= 0.6 is 0 Å². The van der Waals surface area contributed by atoms with E-state index in [1.807, 2.05) is 0 Å². The van der Waals surface area contributed by atoms with Crippen LogP contribution in [-0.2, 0) is 11.3 Å². The fraction of sp³-hybridized carbons (Fsp3) is 0.444. The molecule has 2 unspecified atom stereocenters. The van der Waals surface area contributed by atoms with Crippen LogP contribution in [0.3, 0.4) is 0 Å². The van der Waals surface area contributed by atoms with Crippen LogP contribution in [-0.4, -0.2) is 25.9 Å². The van der Waals surface area contributed by atoms with Crippen LogP contribution < -0.4 is 10.1 Å². The van der Waals surface area contributed by atoms with Gasteiger partial charge in [0.25, 0.3) is 0 Å². The summed E-state index contributed by atoms with van der Waals surface area (Å²) in [6.07, 6.45) is 2.67. The van der Waals surface area contributed by atoms with Gasteiger partial charge in [-0.2, -0.15) is 0 Å². The summed E-state index contributed by atoms with van der Waals surface area (Å²) in [5.74, 6) is 0.945. The largest absolute Gasteiger partial charge is 0.496 e. The van der Waals surface area contributed by atoms with Gasteiger partial charge in [-0.25, -0.2) is 0 Å². The van der Waals surface area contributed by atoms with Crippen molar-refractivity contribution < 1.29 is 9.47 Å². The maximum atomic E-state index is 5.75. The van der Waals surface area contributed by atoms with E-state index in [2.05, 4.69) is 48.6 Å². The molecule has 2 aromatic carbocycles. The first kappa shape index (κ1) is 14.4. The second-order valence-electron chi connectivity index (χ2n) is 5.69. The van der Waals surface area contributed by atoms with E-state index in [4.69, 9.17) is 9.47 Å². The molecule has 1 fully saturated rings. The highest BCUT2D eigenvalue weighted by atomic mass is 16.5. The number of rotatable bonds is 5. The van der Waals surface area contributed by atoms with Crippen LogP contribution in [0.25, 0.3) is 10.8 Å². The highest BCUT2D eigenvalue weighted by Crippen LogP contribution is 2.28. The Bertz CT molecular complexity index is 605. The highest BCUT2D eigenvalue weighted by molar-refractivity contribution is 5.87. The number of fused-ring (bicyclic) bond motifs is 1. The molecule has 0 aliphatic carbocycles. The van der Waals surface area contributed by atoms with Crippen LogP contribution in [0.1, 0.15) is 25.3 Å². The van der Waals surface area contributed by atoms with E-state index >= 15 is 0 Å². The molecule has 2 aromatic rings. The Balaban J connectivity index is 1.81. The Kier molecular flexibility index (Phi) is 4.42. The molecule has 1 N–H and O–H groups in total. The van der Waals surface area contributed by atoms with Crippen molar-refractivity contribution in [2.45, 2.75) is 38.5 Å². The van der Waals surface area contributed by atoms with E-state index in [9.17, 15) is 0 Å². The van der Waals surface area contributed by atoms with Crippen molar-refractivity contribution in [1.82, 2.24) is 5.32 Å². The summed E-state index contributed by atoms with van der Waals surface area (Å²) < 4.78 is 11.3. The molecule has 0 saturated carbocycles. The lowest BCUT2D eigenvalue weighted by Gasteiger charge is -2.21. The highest BCUT2D eigenvalue weighted by Gasteiger charge is 2.22. The molecule has 112 valence electrons. The third kappa shape index (κ3) is 3.04. The average Bonchev–Trinajstić information content (AvgIpc) is 3.06. The molecule has 0 spiro atoms. The lowest BCUT2D eigenvalue weighted by molar-refractivity contribution is 0.0831. The Morgan fingerprint density at radius 2 is 2.14 bits per heavy atom. The molecular formula is C18H23NO2. The zero-order chi connectivity index (χ0) is 14.7. The van der Waals surface area contributed by atoms with E-state index in [1.54, 1.807) is 7.11 Å². The number of methoxy groups -OCH3 is 1. The minimum atomic E-state index is 0.339. The van der Waals surface area contributed by atoms with Gasteiger partial charge in [0, 0.05) is 24.8 Å². The monoisotopic (exact) mass is 285 g/mol. The van der Waals surface area contributed by atoms with Crippen molar-refractivity contribution in [3.63, 3.8) is 0 Å². The smallest absolute Gasteiger partial charge is 0.123 e. The lowest BCUT2D eigenvalue weighted by Crippen LogP contribution is -2.36. The molecule has 2 atom stereocenters. The molecule has 1 saturated heterocycles. The zero-order valence-corrected chi connectivity index (χ0v) is 12.8. The first-order valence-corrected chi connectivity index (χ1v) is 7.69. The van der Waals surface area contributed by atoms with Crippen molar-refractivity contribution in [3.8, 4) is 5.75 Å². The summed E-state index contributed by atoms with van der Waals surface area (Å²) in [4.78, 5) is 0. The lowest BCUT2D eigenvalue weighted by atomic mass is 10.0. The van der Waals surface area contributed by atoms with Gasteiger partial charge in [-0.15, -0.1) is 0 Å². The molecule has 21 heavy (non-hydrogen) atoms. The summed E-state index contributed by atoms with van der Waals surface area (Å²) >= 11 is 0. The summed E-state index contributed by atoms with van der Waals surface area (Å²) in [5.41, 5.74) is 1.22. The number of ether oxygens (including phenoxy) is 2. The van der Waals surface area contributed by atoms with Gasteiger partial charge in [0.15, 0.2) is 0 Å². The van der Waals surface area contributed by atoms with Gasteiger partial charge in [0.2, 0.25) is 0 Å². The average molecular weight is 285 g/mol. The normalized spacial score (nSPS) is 19.8. The Labute approximate surface area is 126 Å². The van der Waals surface area contributed by atoms with Gasteiger partial charge in [0.05, 0.1) is 13.2 Å². The quantitative estimate of drug-likeness (QED) is 0.912. The molecule has 0 radical (unpaired) electrons. The molecule has 0 amide bonds. The van der Waals surface area contributed by atoms with Crippen molar-refractivity contribution in [2.24, 2.45) is 0 Å². The standard InChI is InChI=1S/C18H23NO2/c1-13(17-8-5-11-21-17)19-12-16-15-7-4-3-6-14(15)9-10-18(16)20-2/h3-4,6-7,9-10,13,17,19H,5,8,11-12H2,1-2H3. The maximum Gasteiger partial charge on any atom is 0.123 e. The fourth-order valence-corrected chi connectivity index (χ4v) is 3.08. The first-order valence-electron chi connectivity index (χ1n) is 7.69. The number of benzene rings is 2. The summed E-state index contributed by atoms with van der Waals surface area (Å²) in [5, 5.41) is 6.11. The first-order chi connectivity index (χ1) is 10.3. The molecule has 1 aliphatic rings. The number of nitrogens with one attached hydrogen (secondary N) is 1. The summed E-state index contributed by atoms with van der Waals surface area (Å²) in [6.45, 7) is 3.90. The Morgan fingerprint density at radius 1 is 1.29 bits per heavy atom. The van der Waals surface area contributed by atoms with Gasteiger partial charge in [-0.05, 0) is 36.6 Å². The minimum Gasteiger partial charge on any atom is -0.496 e. The van der Waals surface area contributed by atoms with Crippen molar-refractivity contribution in [1.29, 1.82) is 0 Å². The fourth-order valence-electron chi connectivity index (χ4n) is 3.08. The van der Waals surface area contributed by atoms with E-state index < -0.39 is 0 Å². The second kappa shape index (κ2) is 6.46. The molecule has 3 rings (SSSR count). The molecule has 0 aromatic heterocycles. The van der Waals surface area contributed by atoms with Crippen LogP contribution in [0.2, 0.25) is 0 Å². The predicted octanol–water partition coefficient (Wildman–Crippen LogP) is 3.51. The molecule has 1 aliphatic heterocycles. The van der Waals surface area contributed by atoms with Crippen LogP contribution in [0, 0.1) is 0 Å². The molecule has 3 heteroatoms. The van der Waals surface area contributed by atoms with Crippen LogP contribution in [0.15, 0.2) is 36.4 Å². The SMILES string of the molecule is COc1ccc2ccccc2c1CNC(C)C1CCCO1. The van der Waals surface area contributed by atoms with Gasteiger partial charge in [-0.3, -0.25) is 0 Å². The summed E-state index contributed by atoms with van der Waals surface area (Å²) in [7, 11) is 1.73. The second-order valence-corrected chi connectivity index (χ2v) is 5.69.